The predicted octanol–water partition coefficient (Wildman–Crippen LogP) is 10.5. The highest BCUT2D eigenvalue weighted by atomic mass is 16.3. The Morgan fingerprint density at radius 3 is 1.96 bits per heavy atom. The first-order valence-corrected chi connectivity index (χ1v) is 17.3. The van der Waals surface area contributed by atoms with Crippen LogP contribution in [0.2, 0.25) is 0 Å². The zero-order valence-corrected chi connectivity index (χ0v) is 28.2. The zero-order valence-electron chi connectivity index (χ0n) is 28.2. The molecule has 6 aromatic carbocycles. The Kier molecular flexibility index (Phi) is 7.56. The minimum atomic E-state index is -0.698. The lowest BCUT2D eigenvalue weighted by molar-refractivity contribution is 0.454. The SMILES string of the molecule is C#C/C=C\C=C/CC1(c2ccccc2O)c2ccccc2-c2c1ccc1c3ccccc3n(-c3nc(-c4ccccc4)nc(-c4ccccc4)n3)c21. The molecule has 0 fully saturated rings. The lowest BCUT2D eigenvalue weighted by atomic mass is 9.69. The molecule has 1 N–H and O–H groups in total. The fourth-order valence-corrected chi connectivity index (χ4v) is 7.90. The number of rotatable bonds is 7. The van der Waals surface area contributed by atoms with E-state index in [9.17, 15) is 5.11 Å². The Morgan fingerprint density at radius 1 is 0.615 bits per heavy atom. The van der Waals surface area contributed by atoms with Crippen molar-refractivity contribution >= 4 is 21.8 Å². The van der Waals surface area contributed by atoms with Gasteiger partial charge in [-0.3, -0.25) is 4.57 Å². The first kappa shape index (κ1) is 31.0. The summed E-state index contributed by atoms with van der Waals surface area (Å²) in [6.07, 6.45) is 13.8. The van der Waals surface area contributed by atoms with Crippen molar-refractivity contribution < 1.29 is 5.11 Å². The number of allylic oxidation sites excluding steroid dienone is 4. The second-order valence-electron chi connectivity index (χ2n) is 12.9. The number of fused-ring (bicyclic) bond motifs is 7. The van der Waals surface area contributed by atoms with E-state index in [1.54, 1.807) is 12.1 Å². The summed E-state index contributed by atoms with van der Waals surface area (Å²) in [7, 11) is 0. The van der Waals surface area contributed by atoms with Crippen LogP contribution in [0.3, 0.4) is 0 Å². The van der Waals surface area contributed by atoms with Gasteiger partial charge in [0.2, 0.25) is 5.95 Å². The molecule has 1 atom stereocenters. The van der Waals surface area contributed by atoms with Crippen LogP contribution in [0.5, 0.6) is 5.75 Å². The Labute approximate surface area is 301 Å². The highest BCUT2D eigenvalue weighted by Crippen LogP contribution is 2.58. The maximum absolute atomic E-state index is 11.6. The molecule has 0 spiro atoms. The summed E-state index contributed by atoms with van der Waals surface area (Å²) < 4.78 is 2.20. The number of phenolic OH excluding ortho intramolecular Hbond substituents is 1. The van der Waals surface area contributed by atoms with Gasteiger partial charge in [-0.1, -0.05) is 158 Å². The lowest BCUT2D eigenvalue weighted by Gasteiger charge is -2.32. The Morgan fingerprint density at radius 2 is 1.25 bits per heavy atom. The van der Waals surface area contributed by atoms with Crippen LogP contribution in [-0.2, 0) is 5.41 Å². The third-order valence-electron chi connectivity index (χ3n) is 10.1. The number of hydrogen-bond acceptors (Lipinski definition) is 4. The number of nitrogens with zero attached hydrogens (tertiary/aromatic N) is 4. The number of phenols is 1. The van der Waals surface area contributed by atoms with Crippen LogP contribution in [0.1, 0.15) is 23.1 Å². The molecule has 0 bridgehead atoms. The Hall–Kier alpha value is -7.03. The molecule has 0 radical (unpaired) electrons. The van der Waals surface area contributed by atoms with Gasteiger partial charge in [-0.15, -0.1) is 6.42 Å². The van der Waals surface area contributed by atoms with Gasteiger partial charge >= 0.3 is 0 Å². The van der Waals surface area contributed by atoms with E-state index in [1.165, 1.54) is 0 Å². The monoisotopic (exact) mass is 668 g/mol. The predicted molar refractivity (Wildman–Crippen MR) is 210 cm³/mol. The number of aromatic nitrogens is 4. The van der Waals surface area contributed by atoms with E-state index in [0.29, 0.717) is 24.0 Å². The van der Waals surface area contributed by atoms with Crippen LogP contribution < -0.4 is 0 Å². The van der Waals surface area contributed by atoms with Gasteiger partial charge in [0.15, 0.2) is 11.6 Å². The molecule has 1 aliphatic carbocycles. The van der Waals surface area contributed by atoms with Gasteiger partial charge in [0.25, 0.3) is 0 Å². The summed E-state index contributed by atoms with van der Waals surface area (Å²) in [6.45, 7) is 0. The van der Waals surface area contributed by atoms with E-state index < -0.39 is 5.41 Å². The minimum Gasteiger partial charge on any atom is -0.508 e. The summed E-state index contributed by atoms with van der Waals surface area (Å²) in [6, 6.07) is 49.2. The molecule has 5 heteroatoms. The summed E-state index contributed by atoms with van der Waals surface area (Å²) in [5.41, 5.74) is 8.35. The summed E-state index contributed by atoms with van der Waals surface area (Å²) in [4.78, 5) is 15.4. The van der Waals surface area contributed by atoms with E-state index in [-0.39, 0.29) is 5.75 Å². The largest absolute Gasteiger partial charge is 0.508 e. The third-order valence-corrected chi connectivity index (χ3v) is 10.1. The molecule has 0 amide bonds. The van der Waals surface area contributed by atoms with Crippen LogP contribution >= 0.6 is 0 Å². The van der Waals surface area contributed by atoms with E-state index >= 15 is 0 Å². The first-order chi connectivity index (χ1) is 25.7. The molecule has 2 aromatic heterocycles. The topological polar surface area (TPSA) is 63.8 Å². The van der Waals surface area contributed by atoms with Crippen molar-refractivity contribution in [2.45, 2.75) is 11.8 Å². The van der Waals surface area contributed by atoms with Crippen LogP contribution in [0, 0.1) is 12.3 Å². The number of para-hydroxylation sites is 2. The molecule has 0 saturated heterocycles. The van der Waals surface area contributed by atoms with Gasteiger partial charge in [-0.2, -0.15) is 9.97 Å². The third kappa shape index (κ3) is 4.85. The fourth-order valence-electron chi connectivity index (χ4n) is 7.90. The second-order valence-corrected chi connectivity index (χ2v) is 12.9. The fraction of sp³-hybridized carbons (Fsp3) is 0.0426. The van der Waals surface area contributed by atoms with Crippen LogP contribution in [0.25, 0.3) is 61.7 Å². The first-order valence-electron chi connectivity index (χ1n) is 17.3. The van der Waals surface area contributed by atoms with Crippen molar-refractivity contribution in [2.24, 2.45) is 0 Å². The standard InChI is InChI=1S/C47H32N4O/c1-2-3-4-5-18-31-47(38-26-15-17-28-41(38)52)37-25-14-12-24-36(37)42-39(47)30-29-35-34-23-13-16-27-40(34)51(43(35)42)46-49-44(32-19-8-6-9-20-32)48-45(50-46)33-21-10-7-11-22-33/h1,3-30,52H,31H2/b4-3-,18-5-. The van der Waals surface area contributed by atoms with Gasteiger partial charge < -0.3 is 5.11 Å². The molecule has 246 valence electrons. The van der Waals surface area contributed by atoms with E-state index in [0.717, 1.165) is 60.8 Å². The molecule has 8 aromatic rings. The smallest absolute Gasteiger partial charge is 0.238 e. The van der Waals surface area contributed by atoms with Crippen molar-refractivity contribution in [3.63, 3.8) is 0 Å². The quantitative estimate of drug-likeness (QED) is 0.136. The van der Waals surface area contributed by atoms with Crippen molar-refractivity contribution in [3.8, 4) is 57.9 Å². The molecule has 5 nitrogen and oxygen atoms in total. The molecule has 52 heavy (non-hydrogen) atoms. The van der Waals surface area contributed by atoms with Crippen molar-refractivity contribution in [3.05, 3.63) is 187 Å². The molecule has 0 aliphatic heterocycles. The normalized spacial score (nSPS) is 15.0. The van der Waals surface area contributed by atoms with E-state index in [1.807, 2.05) is 91.0 Å². The minimum absolute atomic E-state index is 0.246. The number of benzene rings is 6. The molecule has 0 saturated carbocycles. The van der Waals surface area contributed by atoms with E-state index in [2.05, 4.69) is 77.2 Å². The molecule has 1 aliphatic rings. The number of terminal acetylenes is 1. The van der Waals surface area contributed by atoms with Gasteiger partial charge in [0, 0.05) is 33.0 Å². The lowest BCUT2D eigenvalue weighted by Crippen LogP contribution is -2.26. The average molecular weight is 669 g/mol. The summed E-state index contributed by atoms with van der Waals surface area (Å²) in [5, 5.41) is 13.8. The van der Waals surface area contributed by atoms with Gasteiger partial charge in [-0.05, 0) is 41.3 Å². The number of aromatic hydroxyl groups is 1. The van der Waals surface area contributed by atoms with Crippen LogP contribution in [-0.4, -0.2) is 24.6 Å². The molecular formula is C47H32N4O. The zero-order chi connectivity index (χ0) is 35.1. The summed E-state index contributed by atoms with van der Waals surface area (Å²) in [5.74, 6) is 4.54. The van der Waals surface area contributed by atoms with Crippen molar-refractivity contribution in [1.29, 1.82) is 0 Å². The van der Waals surface area contributed by atoms with Crippen molar-refractivity contribution in [2.75, 3.05) is 0 Å². The van der Waals surface area contributed by atoms with Gasteiger partial charge in [0.1, 0.15) is 5.75 Å². The second kappa shape index (κ2) is 12.7. The van der Waals surface area contributed by atoms with Crippen LogP contribution in [0.4, 0.5) is 0 Å². The van der Waals surface area contributed by atoms with E-state index in [4.69, 9.17) is 21.4 Å². The highest BCUT2D eigenvalue weighted by Gasteiger charge is 2.46. The Bertz CT molecular complexity index is 2680. The van der Waals surface area contributed by atoms with Crippen molar-refractivity contribution in [1.82, 2.24) is 19.5 Å². The van der Waals surface area contributed by atoms with Gasteiger partial charge in [0.05, 0.1) is 16.4 Å². The average Bonchev–Trinajstić information content (AvgIpc) is 3.69. The highest BCUT2D eigenvalue weighted by molar-refractivity contribution is 6.15. The Balaban J connectivity index is 1.41. The molecule has 2 heterocycles. The maximum Gasteiger partial charge on any atom is 0.238 e. The van der Waals surface area contributed by atoms with Crippen LogP contribution in [0.15, 0.2) is 170 Å². The van der Waals surface area contributed by atoms with Gasteiger partial charge in [-0.25, -0.2) is 4.98 Å². The maximum atomic E-state index is 11.6. The molecule has 9 rings (SSSR count). The molecular weight excluding hydrogens is 637 g/mol. The summed E-state index contributed by atoms with van der Waals surface area (Å²) >= 11 is 0. The number of hydrogen-bond donors (Lipinski definition) is 1. The molecule has 1 unspecified atom stereocenters.